The number of likely N-dealkylation sites (tertiary alicyclic amines) is 2. The van der Waals surface area contributed by atoms with Crippen LogP contribution in [0.2, 0.25) is 0 Å². The van der Waals surface area contributed by atoms with Crippen LogP contribution in [-0.2, 0) is 9.68 Å². The van der Waals surface area contributed by atoms with E-state index in [-0.39, 0.29) is 0 Å². The van der Waals surface area contributed by atoms with E-state index in [1.165, 1.54) is 34.1 Å². The lowest BCUT2D eigenvalue weighted by Gasteiger charge is -2.13. The molecule has 2 saturated heterocycles. The van der Waals surface area contributed by atoms with Gasteiger partial charge in [-0.05, 0) is 74.2 Å². The van der Waals surface area contributed by atoms with Crippen LogP contribution in [0.25, 0.3) is 0 Å². The number of amides is 2. The van der Waals surface area contributed by atoms with Crippen molar-refractivity contribution in [3.63, 3.8) is 0 Å². The summed E-state index contributed by atoms with van der Waals surface area (Å²) in [7, 11) is 0. The maximum atomic E-state index is 13.5. The molecule has 17 heteroatoms. The van der Waals surface area contributed by atoms with E-state index in [0.717, 1.165) is 36.0 Å². The number of hydrogen-bond donors (Lipinski definition) is 0. The Morgan fingerprint density at radius 3 is 1.18 bits per heavy atom. The minimum atomic E-state index is -5.21. The second-order valence-corrected chi connectivity index (χ2v) is 10.9. The van der Waals surface area contributed by atoms with Crippen LogP contribution >= 0.6 is 11.8 Å². The van der Waals surface area contributed by atoms with Gasteiger partial charge < -0.3 is 9.80 Å². The molecule has 0 spiro atoms. The summed E-state index contributed by atoms with van der Waals surface area (Å²) >= 11 is 1.04. The molecule has 0 atom stereocenters. The number of nitrogens with zero attached hydrogens (tertiary/aromatic N) is 4. The molecule has 0 saturated carbocycles. The van der Waals surface area contributed by atoms with Crippen molar-refractivity contribution < 1.29 is 55.2 Å². The highest BCUT2D eigenvalue weighted by Crippen LogP contribution is 2.30. The Morgan fingerprint density at radius 1 is 0.578 bits per heavy atom. The third kappa shape index (κ3) is 8.83. The second kappa shape index (κ2) is 14.1. The van der Waals surface area contributed by atoms with Crippen LogP contribution in [0.1, 0.15) is 46.4 Å². The van der Waals surface area contributed by atoms with E-state index in [0.29, 0.717) is 61.7 Å². The Labute approximate surface area is 256 Å². The van der Waals surface area contributed by atoms with Crippen molar-refractivity contribution in [2.24, 2.45) is 10.3 Å². The highest BCUT2D eigenvalue weighted by molar-refractivity contribution is 7.99. The average molecular weight is 659 g/mol. The lowest BCUT2D eigenvalue weighted by molar-refractivity contribution is -0.0617. The minimum absolute atomic E-state index is 0.306. The van der Waals surface area contributed by atoms with Crippen LogP contribution in [-0.4, -0.2) is 83.5 Å². The molecular weight excluding hydrogens is 634 g/mol. The first kappa shape index (κ1) is 33.5. The zero-order valence-electron chi connectivity index (χ0n) is 23.2. The minimum Gasteiger partial charge on any atom is -0.306 e. The molecule has 2 heterocycles. The van der Waals surface area contributed by atoms with E-state index < -0.39 is 58.7 Å². The van der Waals surface area contributed by atoms with Gasteiger partial charge in [0.2, 0.25) is 23.0 Å². The number of ketones is 2. The zero-order chi connectivity index (χ0) is 32.8. The van der Waals surface area contributed by atoms with E-state index >= 15 is 0 Å². The third-order valence-corrected chi connectivity index (χ3v) is 7.61. The number of halogens is 6. The van der Waals surface area contributed by atoms with Gasteiger partial charge in [-0.25, -0.2) is 9.59 Å². The molecular formula is C28H24F6N4O6S. The standard InChI is InChI=1S/C28H24F6N4O6S/c29-27(30,31)23(35-43-25(41)37-13-1-2-14-37)21(39)17-5-9-19(10-6-17)45-20-11-7-18(8-12-20)22(40)24(28(32,33)34)36-44-26(42)38-15-3-4-16-38/h5-12H,1-4,13-16H2/b35-23-,36-24-. The SMILES string of the molecule is O=C(/C(=N/OC(=O)N1CCCC1)C(F)(F)F)c1ccc(Sc2ccc(C(=O)/C(=N/OC(=O)N3CCCC3)C(F)(F)F)cc2)cc1. The Morgan fingerprint density at radius 2 is 0.889 bits per heavy atom. The molecule has 2 aromatic rings. The molecule has 2 amide bonds. The van der Waals surface area contributed by atoms with Crippen molar-refractivity contribution in [2.45, 2.75) is 47.8 Å². The van der Waals surface area contributed by atoms with Crippen molar-refractivity contribution in [3.05, 3.63) is 59.7 Å². The summed E-state index contributed by atoms with van der Waals surface area (Å²) in [5.74, 6) is -3.05. The van der Waals surface area contributed by atoms with E-state index in [1.807, 2.05) is 0 Å². The molecule has 10 nitrogen and oxygen atoms in total. The normalized spacial score (nSPS) is 16.1. The topological polar surface area (TPSA) is 118 Å². The third-order valence-electron chi connectivity index (χ3n) is 6.59. The summed E-state index contributed by atoms with van der Waals surface area (Å²) in [5, 5.41) is 5.61. The van der Waals surface area contributed by atoms with Gasteiger partial charge in [-0.15, -0.1) is 0 Å². The van der Waals surface area contributed by atoms with Crippen molar-refractivity contribution in [3.8, 4) is 0 Å². The van der Waals surface area contributed by atoms with E-state index in [9.17, 15) is 45.5 Å². The van der Waals surface area contributed by atoms with Crippen LogP contribution in [0.5, 0.6) is 0 Å². The fraction of sp³-hybridized carbons (Fsp3) is 0.357. The fourth-order valence-corrected chi connectivity index (χ4v) is 5.10. The van der Waals surface area contributed by atoms with Gasteiger partial charge in [-0.2, -0.15) is 26.3 Å². The van der Waals surface area contributed by atoms with Crippen LogP contribution < -0.4 is 0 Å². The molecule has 2 aliphatic heterocycles. The summed E-state index contributed by atoms with van der Waals surface area (Å²) in [5.41, 5.74) is -4.61. The average Bonchev–Trinajstić information content (AvgIpc) is 3.72. The molecule has 0 radical (unpaired) electrons. The Hall–Kier alpha value is -4.41. The van der Waals surface area contributed by atoms with Crippen molar-refractivity contribution in [1.29, 1.82) is 0 Å². The number of rotatable bonds is 8. The Kier molecular flexibility index (Phi) is 10.5. The lowest BCUT2D eigenvalue weighted by atomic mass is 10.1. The highest BCUT2D eigenvalue weighted by atomic mass is 32.2. The first-order valence-electron chi connectivity index (χ1n) is 13.4. The smallest absolute Gasteiger partial charge is 0.306 e. The summed E-state index contributed by atoms with van der Waals surface area (Å²) in [6, 6.07) is 9.69. The van der Waals surface area contributed by atoms with Crippen LogP contribution in [0.3, 0.4) is 0 Å². The van der Waals surface area contributed by atoms with Gasteiger partial charge in [0.25, 0.3) is 0 Å². The first-order chi connectivity index (χ1) is 21.2. The van der Waals surface area contributed by atoms with Gasteiger partial charge in [-0.1, -0.05) is 22.1 Å². The molecule has 0 unspecified atom stereocenters. The Bertz CT molecular complexity index is 1370. The molecule has 2 fully saturated rings. The largest absolute Gasteiger partial charge is 0.440 e. The van der Waals surface area contributed by atoms with Crippen LogP contribution in [0, 0.1) is 0 Å². The molecule has 0 N–H and O–H groups in total. The molecule has 45 heavy (non-hydrogen) atoms. The monoisotopic (exact) mass is 658 g/mol. The molecule has 0 bridgehead atoms. The summed E-state index contributed by atoms with van der Waals surface area (Å²) in [6.45, 7) is 1.23. The maximum absolute atomic E-state index is 13.5. The zero-order valence-corrected chi connectivity index (χ0v) is 24.0. The maximum Gasteiger partial charge on any atom is 0.440 e. The van der Waals surface area contributed by atoms with Crippen molar-refractivity contribution in [2.75, 3.05) is 26.2 Å². The van der Waals surface area contributed by atoms with Crippen LogP contribution in [0.4, 0.5) is 35.9 Å². The molecule has 0 aliphatic carbocycles. The fourth-order valence-electron chi connectivity index (χ4n) is 4.29. The molecule has 2 aliphatic rings. The number of alkyl halides is 6. The highest BCUT2D eigenvalue weighted by Gasteiger charge is 2.43. The van der Waals surface area contributed by atoms with Crippen molar-refractivity contribution >= 4 is 46.9 Å². The summed E-state index contributed by atoms with van der Waals surface area (Å²) < 4.78 is 81.1. The lowest BCUT2D eigenvalue weighted by Crippen LogP contribution is -2.33. The molecule has 240 valence electrons. The van der Waals surface area contributed by atoms with E-state index in [1.54, 1.807) is 0 Å². The number of benzene rings is 2. The summed E-state index contributed by atoms with van der Waals surface area (Å²) in [4.78, 5) is 60.9. The molecule has 4 rings (SSSR count). The molecule has 0 aromatic heterocycles. The number of Topliss-reactive ketones (excluding diaryl/α,β-unsaturated/α-hetero) is 2. The van der Waals surface area contributed by atoms with Crippen molar-refractivity contribution in [1.82, 2.24) is 9.80 Å². The van der Waals surface area contributed by atoms with Gasteiger partial charge >= 0.3 is 24.5 Å². The predicted octanol–water partition coefficient (Wildman–Crippen LogP) is 6.50. The predicted molar refractivity (Wildman–Crippen MR) is 147 cm³/mol. The van der Waals surface area contributed by atoms with Gasteiger partial charge in [-0.3, -0.25) is 19.3 Å². The quantitative estimate of drug-likeness (QED) is 0.104. The van der Waals surface area contributed by atoms with Gasteiger partial charge in [0.15, 0.2) is 0 Å². The number of oxime groups is 2. The Balaban J connectivity index is 1.41. The number of carbonyl (C=O) groups is 4. The first-order valence-corrected chi connectivity index (χ1v) is 14.3. The second-order valence-electron chi connectivity index (χ2n) is 9.79. The van der Waals surface area contributed by atoms with Gasteiger partial charge in [0.05, 0.1) is 0 Å². The van der Waals surface area contributed by atoms with Gasteiger partial charge in [0, 0.05) is 47.1 Å². The van der Waals surface area contributed by atoms with Crippen LogP contribution in [0.15, 0.2) is 68.6 Å². The summed E-state index contributed by atoms with van der Waals surface area (Å²) in [6.07, 6.45) is -9.93. The number of hydrogen-bond acceptors (Lipinski definition) is 9. The van der Waals surface area contributed by atoms with Gasteiger partial charge in [0.1, 0.15) is 0 Å². The molecule has 2 aromatic carbocycles. The number of carbonyl (C=O) groups excluding carboxylic acids is 4. The van der Waals surface area contributed by atoms with E-state index in [2.05, 4.69) is 20.0 Å². The van der Waals surface area contributed by atoms with E-state index in [4.69, 9.17) is 0 Å².